The fourth-order valence-corrected chi connectivity index (χ4v) is 2.45. The maximum absolute atomic E-state index is 4.11. The average molecular weight is 320 g/mol. The van der Waals surface area contributed by atoms with E-state index >= 15 is 0 Å². The topological polar surface area (TPSA) is 37.8 Å². The van der Waals surface area contributed by atoms with Crippen LogP contribution >= 0.6 is 15.9 Å². The van der Waals surface area contributed by atoms with Crippen LogP contribution in [0.2, 0.25) is 0 Å². The Hall–Kier alpha value is -1.26. The first kappa shape index (κ1) is 14.2. The summed E-state index contributed by atoms with van der Waals surface area (Å²) in [7, 11) is 0. The summed E-state index contributed by atoms with van der Waals surface area (Å²) in [5, 5.41) is 3.56. The molecule has 0 bridgehead atoms. The third kappa shape index (κ3) is 4.11. The molecule has 100 valence electrons. The number of halogens is 1. The minimum absolute atomic E-state index is 0.250. The zero-order chi connectivity index (χ0) is 13.5. The van der Waals surface area contributed by atoms with E-state index in [4.69, 9.17) is 0 Å². The highest BCUT2D eigenvalue weighted by molar-refractivity contribution is 9.10. The first-order valence-electron chi connectivity index (χ1n) is 6.53. The number of hydrogen-bond donors (Lipinski definition) is 1. The Balaban J connectivity index is 2.17. The van der Waals surface area contributed by atoms with Gasteiger partial charge in [0, 0.05) is 28.5 Å². The standard InChI is InChI=1S/C15H18BrN3/c1-2-7-19-15(13-9-17-11-18-10-13)8-12-5-3-4-6-14(12)16/h3-6,9-11,15,19H,2,7-8H2,1H3. The molecule has 0 radical (unpaired) electrons. The quantitative estimate of drug-likeness (QED) is 0.885. The Kier molecular flexibility index (Phi) is 5.48. The Bertz CT molecular complexity index is 502. The fourth-order valence-electron chi connectivity index (χ4n) is 2.00. The summed E-state index contributed by atoms with van der Waals surface area (Å²) < 4.78 is 1.15. The molecule has 0 aliphatic carbocycles. The summed E-state index contributed by atoms with van der Waals surface area (Å²) >= 11 is 3.61. The van der Waals surface area contributed by atoms with Crippen LogP contribution in [-0.2, 0) is 6.42 Å². The smallest absolute Gasteiger partial charge is 0.115 e. The minimum atomic E-state index is 0.250. The molecular formula is C15H18BrN3. The second kappa shape index (κ2) is 7.36. The van der Waals surface area contributed by atoms with Crippen molar-refractivity contribution < 1.29 is 0 Å². The average Bonchev–Trinajstić information content (AvgIpc) is 2.46. The summed E-state index contributed by atoms with van der Waals surface area (Å²) in [6.07, 6.45) is 7.38. The SMILES string of the molecule is CCCNC(Cc1ccccc1Br)c1cncnc1. The molecule has 4 heteroatoms. The van der Waals surface area contributed by atoms with E-state index in [9.17, 15) is 0 Å². The van der Waals surface area contributed by atoms with Crippen LogP contribution in [0.4, 0.5) is 0 Å². The lowest BCUT2D eigenvalue weighted by Gasteiger charge is -2.19. The molecule has 1 N–H and O–H groups in total. The normalized spacial score (nSPS) is 12.3. The maximum atomic E-state index is 4.11. The van der Waals surface area contributed by atoms with Gasteiger partial charge in [-0.05, 0) is 31.0 Å². The van der Waals surface area contributed by atoms with Crippen molar-refractivity contribution in [3.05, 3.63) is 58.6 Å². The Morgan fingerprint density at radius 2 is 1.95 bits per heavy atom. The molecule has 1 aromatic heterocycles. The van der Waals surface area contributed by atoms with Crippen LogP contribution in [-0.4, -0.2) is 16.5 Å². The lowest BCUT2D eigenvalue weighted by molar-refractivity contribution is 0.525. The van der Waals surface area contributed by atoms with Gasteiger partial charge in [0.1, 0.15) is 6.33 Å². The molecule has 1 aromatic carbocycles. The minimum Gasteiger partial charge on any atom is -0.310 e. The van der Waals surface area contributed by atoms with Gasteiger partial charge in [-0.2, -0.15) is 0 Å². The highest BCUT2D eigenvalue weighted by Crippen LogP contribution is 2.23. The molecule has 1 unspecified atom stereocenters. The molecule has 0 spiro atoms. The molecule has 0 aliphatic rings. The number of nitrogens with one attached hydrogen (secondary N) is 1. The van der Waals surface area contributed by atoms with E-state index in [0.29, 0.717) is 0 Å². The molecular weight excluding hydrogens is 302 g/mol. The zero-order valence-corrected chi connectivity index (χ0v) is 12.6. The molecule has 3 nitrogen and oxygen atoms in total. The van der Waals surface area contributed by atoms with Crippen LogP contribution < -0.4 is 5.32 Å². The van der Waals surface area contributed by atoms with Crippen molar-refractivity contribution in [1.82, 2.24) is 15.3 Å². The predicted octanol–water partition coefficient (Wildman–Crippen LogP) is 3.52. The zero-order valence-electron chi connectivity index (χ0n) is 11.0. The molecule has 0 fully saturated rings. The van der Waals surface area contributed by atoms with Crippen molar-refractivity contribution in [2.24, 2.45) is 0 Å². The van der Waals surface area contributed by atoms with E-state index in [1.54, 1.807) is 6.33 Å². The molecule has 0 saturated heterocycles. The van der Waals surface area contributed by atoms with Crippen LogP contribution in [0.25, 0.3) is 0 Å². The van der Waals surface area contributed by atoms with Gasteiger partial charge in [-0.25, -0.2) is 9.97 Å². The summed E-state index contributed by atoms with van der Waals surface area (Å²) in [5.74, 6) is 0. The van der Waals surface area contributed by atoms with Crippen LogP contribution in [0.5, 0.6) is 0 Å². The fraction of sp³-hybridized carbons (Fsp3) is 0.333. The largest absolute Gasteiger partial charge is 0.310 e. The van der Waals surface area contributed by atoms with Gasteiger partial charge in [-0.1, -0.05) is 41.1 Å². The first-order valence-corrected chi connectivity index (χ1v) is 7.32. The lowest BCUT2D eigenvalue weighted by atomic mass is 10.0. The van der Waals surface area contributed by atoms with Gasteiger partial charge >= 0.3 is 0 Å². The van der Waals surface area contributed by atoms with E-state index in [2.05, 4.69) is 56.3 Å². The van der Waals surface area contributed by atoms with Crippen LogP contribution in [0.3, 0.4) is 0 Å². The third-order valence-electron chi connectivity index (χ3n) is 3.01. The number of nitrogens with zero attached hydrogens (tertiary/aromatic N) is 2. The molecule has 0 saturated carbocycles. The van der Waals surface area contributed by atoms with Crippen molar-refractivity contribution in [2.75, 3.05) is 6.54 Å². The number of rotatable bonds is 6. The van der Waals surface area contributed by atoms with E-state index in [1.807, 2.05) is 18.5 Å². The number of benzene rings is 1. The Labute approximate surface area is 122 Å². The molecule has 19 heavy (non-hydrogen) atoms. The summed E-state index contributed by atoms with van der Waals surface area (Å²) in [4.78, 5) is 8.23. The van der Waals surface area contributed by atoms with Gasteiger partial charge in [0.15, 0.2) is 0 Å². The summed E-state index contributed by atoms with van der Waals surface area (Å²) in [5.41, 5.74) is 2.42. The van der Waals surface area contributed by atoms with Gasteiger partial charge in [-0.3, -0.25) is 0 Å². The predicted molar refractivity (Wildman–Crippen MR) is 80.9 cm³/mol. The van der Waals surface area contributed by atoms with Gasteiger partial charge in [0.25, 0.3) is 0 Å². The van der Waals surface area contributed by atoms with E-state index < -0.39 is 0 Å². The maximum Gasteiger partial charge on any atom is 0.115 e. The Morgan fingerprint density at radius 3 is 2.63 bits per heavy atom. The van der Waals surface area contributed by atoms with E-state index in [-0.39, 0.29) is 6.04 Å². The third-order valence-corrected chi connectivity index (χ3v) is 3.78. The monoisotopic (exact) mass is 319 g/mol. The lowest BCUT2D eigenvalue weighted by Crippen LogP contribution is -2.24. The van der Waals surface area contributed by atoms with Crippen molar-refractivity contribution in [2.45, 2.75) is 25.8 Å². The molecule has 2 rings (SSSR count). The van der Waals surface area contributed by atoms with Crippen molar-refractivity contribution in [3.8, 4) is 0 Å². The molecule has 0 amide bonds. The molecule has 1 heterocycles. The van der Waals surface area contributed by atoms with Crippen LogP contribution in [0, 0.1) is 0 Å². The van der Waals surface area contributed by atoms with E-state index in [0.717, 1.165) is 29.4 Å². The highest BCUT2D eigenvalue weighted by atomic mass is 79.9. The number of aromatic nitrogens is 2. The highest BCUT2D eigenvalue weighted by Gasteiger charge is 2.13. The second-order valence-corrected chi connectivity index (χ2v) is 5.33. The molecule has 1 atom stereocenters. The second-order valence-electron chi connectivity index (χ2n) is 4.47. The molecule has 2 aromatic rings. The van der Waals surface area contributed by atoms with Crippen LogP contribution in [0.1, 0.15) is 30.5 Å². The summed E-state index contributed by atoms with van der Waals surface area (Å²) in [6.45, 7) is 3.16. The van der Waals surface area contributed by atoms with Gasteiger partial charge < -0.3 is 5.32 Å². The van der Waals surface area contributed by atoms with Gasteiger partial charge in [-0.15, -0.1) is 0 Å². The van der Waals surface area contributed by atoms with Gasteiger partial charge in [0.05, 0.1) is 0 Å². The van der Waals surface area contributed by atoms with Crippen molar-refractivity contribution >= 4 is 15.9 Å². The van der Waals surface area contributed by atoms with Gasteiger partial charge in [0.2, 0.25) is 0 Å². The van der Waals surface area contributed by atoms with E-state index in [1.165, 1.54) is 5.56 Å². The van der Waals surface area contributed by atoms with Crippen LogP contribution in [0.15, 0.2) is 47.5 Å². The molecule has 0 aliphatic heterocycles. The number of hydrogen-bond acceptors (Lipinski definition) is 3. The first-order chi connectivity index (χ1) is 9.31. The summed E-state index contributed by atoms with van der Waals surface area (Å²) in [6, 6.07) is 8.58. The van der Waals surface area contributed by atoms with Crippen molar-refractivity contribution in [1.29, 1.82) is 0 Å². The Morgan fingerprint density at radius 1 is 1.21 bits per heavy atom. The van der Waals surface area contributed by atoms with Crippen molar-refractivity contribution in [3.63, 3.8) is 0 Å².